The molecule has 6 heteroatoms. The molecule has 1 fully saturated rings. The van der Waals surface area contributed by atoms with E-state index in [0.717, 1.165) is 11.1 Å². The van der Waals surface area contributed by atoms with Crippen LogP contribution in [0.15, 0.2) is 60.9 Å². The second-order valence-corrected chi connectivity index (χ2v) is 6.19. The third-order valence-electron chi connectivity index (χ3n) is 4.49. The molecule has 0 saturated carbocycles. The van der Waals surface area contributed by atoms with Crippen molar-refractivity contribution in [2.75, 3.05) is 0 Å². The summed E-state index contributed by atoms with van der Waals surface area (Å²) in [5.74, 6) is -1.11. The number of hydrogen-bond acceptors (Lipinski definition) is 4. The molecule has 1 aliphatic heterocycles. The summed E-state index contributed by atoms with van der Waals surface area (Å²) in [5, 5.41) is 4.46. The standard InChI is InChI=1S/C20H19N3O3/c24-17-20(18(25)23-19(26)22-17,12-8-16-9-13-21-14-10-16)11-4-7-15-5-2-1-3-6-15/h1-7,9-10,13-14H,8,11-12H2,(H2,22,23,24,25,26). The lowest BCUT2D eigenvalue weighted by Crippen LogP contribution is -2.62. The maximum absolute atomic E-state index is 12.6. The lowest BCUT2D eigenvalue weighted by molar-refractivity contribution is -0.144. The van der Waals surface area contributed by atoms with Gasteiger partial charge in [0, 0.05) is 12.4 Å². The number of aryl methyl sites for hydroxylation is 1. The molecule has 1 saturated heterocycles. The summed E-state index contributed by atoms with van der Waals surface area (Å²) in [6.07, 6.45) is 8.03. The van der Waals surface area contributed by atoms with Crippen LogP contribution in [0.3, 0.4) is 0 Å². The molecule has 0 bridgehead atoms. The maximum atomic E-state index is 12.6. The first-order valence-corrected chi connectivity index (χ1v) is 8.37. The molecular weight excluding hydrogens is 330 g/mol. The van der Waals surface area contributed by atoms with Crippen molar-refractivity contribution in [2.45, 2.75) is 19.3 Å². The number of rotatable bonds is 6. The van der Waals surface area contributed by atoms with Gasteiger partial charge in [-0.1, -0.05) is 42.5 Å². The Morgan fingerprint density at radius 3 is 2.23 bits per heavy atom. The first kappa shape index (κ1) is 17.5. The Morgan fingerprint density at radius 1 is 0.923 bits per heavy atom. The number of allylic oxidation sites excluding steroid dienone is 1. The molecule has 26 heavy (non-hydrogen) atoms. The van der Waals surface area contributed by atoms with Gasteiger partial charge in [-0.15, -0.1) is 0 Å². The third kappa shape index (κ3) is 3.85. The van der Waals surface area contributed by atoms with E-state index in [2.05, 4.69) is 15.6 Å². The Bertz CT molecular complexity index is 812. The van der Waals surface area contributed by atoms with E-state index >= 15 is 0 Å². The summed E-state index contributed by atoms with van der Waals surface area (Å²) in [7, 11) is 0. The predicted molar refractivity (Wildman–Crippen MR) is 96.8 cm³/mol. The van der Waals surface area contributed by atoms with Crippen LogP contribution in [-0.4, -0.2) is 22.8 Å². The predicted octanol–water partition coefficient (Wildman–Crippen LogP) is 2.47. The second-order valence-electron chi connectivity index (χ2n) is 6.19. The lowest BCUT2D eigenvalue weighted by atomic mass is 9.76. The fraction of sp³-hybridized carbons (Fsp3) is 0.200. The molecule has 2 heterocycles. The summed E-state index contributed by atoms with van der Waals surface area (Å²) in [6.45, 7) is 0. The quantitative estimate of drug-likeness (QED) is 0.784. The number of amides is 4. The summed E-state index contributed by atoms with van der Waals surface area (Å²) >= 11 is 0. The molecular formula is C20H19N3O3. The molecule has 3 rings (SSSR count). The van der Waals surface area contributed by atoms with E-state index in [0.29, 0.717) is 12.8 Å². The number of urea groups is 1. The normalized spacial score (nSPS) is 16.4. The first-order valence-electron chi connectivity index (χ1n) is 8.37. The van der Waals surface area contributed by atoms with Gasteiger partial charge < -0.3 is 0 Å². The van der Waals surface area contributed by atoms with E-state index in [9.17, 15) is 14.4 Å². The van der Waals surface area contributed by atoms with Gasteiger partial charge in [0.2, 0.25) is 11.8 Å². The Balaban J connectivity index is 1.81. The Labute approximate surface area is 151 Å². The van der Waals surface area contributed by atoms with Crippen LogP contribution in [-0.2, 0) is 16.0 Å². The summed E-state index contributed by atoms with van der Waals surface area (Å²) in [6, 6.07) is 12.5. The summed E-state index contributed by atoms with van der Waals surface area (Å²) < 4.78 is 0. The zero-order chi connectivity index (χ0) is 18.4. The van der Waals surface area contributed by atoms with Gasteiger partial charge in [0.15, 0.2) is 0 Å². The second kappa shape index (κ2) is 7.74. The minimum absolute atomic E-state index is 0.206. The molecule has 0 atom stereocenters. The van der Waals surface area contributed by atoms with Gasteiger partial charge in [-0.05, 0) is 42.5 Å². The number of aromatic nitrogens is 1. The number of nitrogens with one attached hydrogen (secondary N) is 2. The smallest absolute Gasteiger partial charge is 0.277 e. The average Bonchev–Trinajstić information content (AvgIpc) is 2.65. The van der Waals surface area contributed by atoms with Gasteiger partial charge in [-0.2, -0.15) is 0 Å². The minimum Gasteiger partial charge on any atom is -0.277 e. The SMILES string of the molecule is O=C1NC(=O)C(CC=Cc2ccccc2)(CCc2ccncc2)C(=O)N1. The highest BCUT2D eigenvalue weighted by Crippen LogP contribution is 2.32. The number of hydrogen-bond donors (Lipinski definition) is 2. The van der Waals surface area contributed by atoms with Crippen LogP contribution in [0.2, 0.25) is 0 Å². The van der Waals surface area contributed by atoms with Crippen molar-refractivity contribution < 1.29 is 14.4 Å². The fourth-order valence-electron chi connectivity index (χ4n) is 2.96. The first-order chi connectivity index (χ1) is 12.6. The topological polar surface area (TPSA) is 88.2 Å². The highest BCUT2D eigenvalue weighted by atomic mass is 16.2. The molecule has 132 valence electrons. The van der Waals surface area contributed by atoms with Crippen molar-refractivity contribution in [3.8, 4) is 0 Å². The van der Waals surface area contributed by atoms with Crippen LogP contribution in [0.25, 0.3) is 6.08 Å². The van der Waals surface area contributed by atoms with Gasteiger partial charge in [-0.25, -0.2) is 4.79 Å². The molecule has 0 spiro atoms. The van der Waals surface area contributed by atoms with Crippen LogP contribution in [0.4, 0.5) is 4.79 Å². The van der Waals surface area contributed by atoms with Gasteiger partial charge >= 0.3 is 6.03 Å². The van der Waals surface area contributed by atoms with Crippen molar-refractivity contribution in [2.24, 2.45) is 5.41 Å². The molecule has 1 aliphatic rings. The van der Waals surface area contributed by atoms with Crippen molar-refractivity contribution in [1.82, 2.24) is 15.6 Å². The minimum atomic E-state index is -1.32. The number of carbonyl (C=O) groups excluding carboxylic acids is 3. The van der Waals surface area contributed by atoms with E-state index in [4.69, 9.17) is 0 Å². The van der Waals surface area contributed by atoms with Gasteiger partial charge in [-0.3, -0.25) is 25.2 Å². The molecule has 0 aliphatic carbocycles. The zero-order valence-corrected chi connectivity index (χ0v) is 14.1. The van der Waals surface area contributed by atoms with Crippen LogP contribution < -0.4 is 10.6 Å². The number of imide groups is 2. The highest BCUT2D eigenvalue weighted by Gasteiger charge is 2.48. The van der Waals surface area contributed by atoms with Crippen LogP contribution in [0.5, 0.6) is 0 Å². The van der Waals surface area contributed by atoms with Crippen LogP contribution >= 0.6 is 0 Å². The maximum Gasteiger partial charge on any atom is 0.328 e. The lowest BCUT2D eigenvalue weighted by Gasteiger charge is -2.33. The molecule has 2 aromatic rings. The van der Waals surface area contributed by atoms with Crippen molar-refractivity contribution in [3.05, 3.63) is 72.1 Å². The zero-order valence-electron chi connectivity index (χ0n) is 14.1. The van der Waals surface area contributed by atoms with Crippen molar-refractivity contribution >= 4 is 23.9 Å². The molecule has 2 N–H and O–H groups in total. The summed E-state index contributed by atoms with van der Waals surface area (Å²) in [4.78, 5) is 40.5. The Morgan fingerprint density at radius 2 is 1.58 bits per heavy atom. The van der Waals surface area contributed by atoms with Gasteiger partial charge in [0.05, 0.1) is 0 Å². The van der Waals surface area contributed by atoms with Gasteiger partial charge in [0.25, 0.3) is 0 Å². The van der Waals surface area contributed by atoms with E-state index < -0.39 is 23.3 Å². The number of pyridine rings is 1. The van der Waals surface area contributed by atoms with E-state index in [-0.39, 0.29) is 6.42 Å². The number of benzene rings is 1. The number of carbonyl (C=O) groups is 3. The molecule has 4 amide bonds. The van der Waals surface area contributed by atoms with Gasteiger partial charge in [0.1, 0.15) is 5.41 Å². The fourth-order valence-corrected chi connectivity index (χ4v) is 2.96. The monoisotopic (exact) mass is 349 g/mol. The van der Waals surface area contributed by atoms with E-state index in [1.165, 1.54) is 0 Å². The number of barbiturate groups is 1. The molecule has 1 aromatic carbocycles. The molecule has 1 aromatic heterocycles. The molecule has 6 nitrogen and oxygen atoms in total. The van der Waals surface area contributed by atoms with Crippen LogP contribution in [0.1, 0.15) is 24.0 Å². The summed E-state index contributed by atoms with van der Waals surface area (Å²) in [5.41, 5.74) is 0.635. The van der Waals surface area contributed by atoms with Crippen molar-refractivity contribution in [3.63, 3.8) is 0 Å². The Hall–Kier alpha value is -3.28. The highest BCUT2D eigenvalue weighted by molar-refractivity contribution is 6.19. The number of nitrogens with zero attached hydrogens (tertiary/aromatic N) is 1. The largest absolute Gasteiger partial charge is 0.328 e. The average molecular weight is 349 g/mol. The third-order valence-corrected chi connectivity index (χ3v) is 4.49. The Kier molecular flexibility index (Phi) is 5.22. The molecule has 0 radical (unpaired) electrons. The van der Waals surface area contributed by atoms with E-state index in [1.54, 1.807) is 18.5 Å². The van der Waals surface area contributed by atoms with E-state index in [1.807, 2.05) is 48.5 Å². The van der Waals surface area contributed by atoms with Crippen molar-refractivity contribution in [1.29, 1.82) is 0 Å². The van der Waals surface area contributed by atoms with Crippen LogP contribution in [0, 0.1) is 5.41 Å². The molecule has 0 unspecified atom stereocenters.